The number of piperazine rings is 1. The van der Waals surface area contributed by atoms with Crippen LogP contribution in [0.15, 0.2) is 66.7 Å². The van der Waals surface area contributed by atoms with Gasteiger partial charge in [0.25, 0.3) is 11.8 Å². The lowest BCUT2D eigenvalue weighted by Gasteiger charge is -2.37. The van der Waals surface area contributed by atoms with Crippen LogP contribution in [0.1, 0.15) is 38.0 Å². The number of benzene rings is 3. The summed E-state index contributed by atoms with van der Waals surface area (Å²) in [6.07, 6.45) is 0. The lowest BCUT2D eigenvalue weighted by molar-refractivity contribution is 0.0600. The Morgan fingerprint density at radius 3 is 2.24 bits per heavy atom. The van der Waals surface area contributed by atoms with Crippen LogP contribution in [0.3, 0.4) is 0 Å². The second-order valence-electron chi connectivity index (χ2n) is 8.40. The van der Waals surface area contributed by atoms with E-state index in [4.69, 9.17) is 21.1 Å². The Morgan fingerprint density at radius 2 is 1.59 bits per heavy atom. The van der Waals surface area contributed by atoms with E-state index in [0.717, 1.165) is 5.69 Å². The molecule has 4 rings (SSSR count). The molecule has 0 aliphatic carbocycles. The number of methoxy groups -OCH3 is 1. The van der Waals surface area contributed by atoms with Gasteiger partial charge in [0.15, 0.2) is 0 Å². The first kappa shape index (κ1) is 26.0. The molecule has 3 aromatic rings. The number of rotatable bonds is 7. The van der Waals surface area contributed by atoms with E-state index in [2.05, 4.69) is 10.2 Å². The molecule has 1 fully saturated rings. The summed E-state index contributed by atoms with van der Waals surface area (Å²) in [5.74, 6) is -0.408. The van der Waals surface area contributed by atoms with Crippen LogP contribution in [0.2, 0.25) is 5.02 Å². The highest BCUT2D eigenvalue weighted by Gasteiger charge is 2.25. The Kier molecular flexibility index (Phi) is 8.30. The van der Waals surface area contributed by atoms with Crippen molar-refractivity contribution in [3.63, 3.8) is 0 Å². The Bertz CT molecular complexity index is 1290. The summed E-state index contributed by atoms with van der Waals surface area (Å²) in [4.78, 5) is 42.0. The molecule has 1 aliphatic heterocycles. The van der Waals surface area contributed by atoms with E-state index in [1.54, 1.807) is 48.5 Å². The van der Waals surface area contributed by atoms with Gasteiger partial charge in [-0.25, -0.2) is 4.79 Å². The van der Waals surface area contributed by atoms with Crippen molar-refractivity contribution in [1.29, 1.82) is 0 Å². The van der Waals surface area contributed by atoms with Crippen LogP contribution >= 0.6 is 11.6 Å². The van der Waals surface area contributed by atoms with Gasteiger partial charge in [-0.1, -0.05) is 29.8 Å². The normalized spacial score (nSPS) is 13.2. The third kappa shape index (κ3) is 6.03. The molecule has 1 heterocycles. The highest BCUT2D eigenvalue weighted by atomic mass is 35.5. The van der Waals surface area contributed by atoms with Crippen LogP contribution < -0.4 is 15.0 Å². The quantitative estimate of drug-likeness (QED) is 0.452. The van der Waals surface area contributed by atoms with Gasteiger partial charge in [0.05, 0.1) is 35.7 Å². The summed E-state index contributed by atoms with van der Waals surface area (Å²) >= 11 is 6.27. The van der Waals surface area contributed by atoms with Crippen LogP contribution in [0.5, 0.6) is 5.75 Å². The van der Waals surface area contributed by atoms with Gasteiger partial charge < -0.3 is 24.6 Å². The summed E-state index contributed by atoms with van der Waals surface area (Å²) < 4.78 is 10.3. The lowest BCUT2D eigenvalue weighted by Crippen LogP contribution is -2.49. The van der Waals surface area contributed by atoms with Crippen LogP contribution in [-0.2, 0) is 4.74 Å². The lowest BCUT2D eigenvalue weighted by atomic mass is 10.1. The number of esters is 1. The van der Waals surface area contributed by atoms with Crippen molar-refractivity contribution >= 4 is 40.8 Å². The standard InChI is InChI=1S/C28H28ClN3O5/c1-3-37-25-12-10-20(17-22(25)29)26(33)30-23-18-21(28(35)36-2)9-11-24(23)31-13-15-32(16-14-31)27(34)19-7-5-4-6-8-19/h4-12,17-18H,3,13-16H2,1-2H3,(H,30,33). The average molecular weight is 522 g/mol. The Labute approximate surface area is 220 Å². The molecular formula is C28H28ClN3O5. The van der Waals surface area contributed by atoms with Crippen molar-refractivity contribution < 1.29 is 23.9 Å². The Balaban J connectivity index is 1.54. The smallest absolute Gasteiger partial charge is 0.337 e. The average Bonchev–Trinajstić information content (AvgIpc) is 2.94. The molecule has 0 aromatic heterocycles. The van der Waals surface area contributed by atoms with E-state index in [0.29, 0.717) is 65.9 Å². The van der Waals surface area contributed by atoms with Crippen LogP contribution in [0.4, 0.5) is 11.4 Å². The molecule has 3 aromatic carbocycles. The number of hydrogen-bond donors (Lipinski definition) is 1. The number of hydrogen-bond acceptors (Lipinski definition) is 6. The highest BCUT2D eigenvalue weighted by Crippen LogP contribution is 2.31. The first-order valence-corrected chi connectivity index (χ1v) is 12.3. The van der Waals surface area contributed by atoms with Crippen molar-refractivity contribution in [3.05, 3.63) is 88.4 Å². The number of anilines is 2. The number of halogens is 1. The van der Waals surface area contributed by atoms with Crippen LogP contribution in [-0.4, -0.2) is 62.6 Å². The van der Waals surface area contributed by atoms with Crippen molar-refractivity contribution in [2.24, 2.45) is 0 Å². The third-order valence-corrected chi connectivity index (χ3v) is 6.38. The zero-order chi connectivity index (χ0) is 26.4. The molecule has 0 unspecified atom stereocenters. The zero-order valence-electron chi connectivity index (χ0n) is 20.7. The fourth-order valence-electron chi connectivity index (χ4n) is 4.18. The van der Waals surface area contributed by atoms with Crippen LogP contribution in [0.25, 0.3) is 0 Å². The monoisotopic (exact) mass is 521 g/mol. The van der Waals surface area contributed by atoms with E-state index < -0.39 is 5.97 Å². The third-order valence-electron chi connectivity index (χ3n) is 6.09. The molecule has 8 nitrogen and oxygen atoms in total. The number of nitrogens with zero attached hydrogens (tertiary/aromatic N) is 2. The molecule has 1 N–H and O–H groups in total. The first-order chi connectivity index (χ1) is 17.9. The van der Waals surface area contributed by atoms with Crippen molar-refractivity contribution in [3.8, 4) is 5.75 Å². The predicted octanol–water partition coefficient (Wildman–Crippen LogP) is 4.74. The summed E-state index contributed by atoms with van der Waals surface area (Å²) in [6, 6.07) is 19.0. The largest absolute Gasteiger partial charge is 0.492 e. The zero-order valence-corrected chi connectivity index (χ0v) is 21.5. The molecule has 9 heteroatoms. The molecule has 2 amide bonds. The van der Waals surface area contributed by atoms with Gasteiger partial charge in [0, 0.05) is 37.3 Å². The molecule has 0 saturated carbocycles. The Hall–Kier alpha value is -4.04. The van der Waals surface area contributed by atoms with Crippen LogP contribution in [0, 0.1) is 0 Å². The summed E-state index contributed by atoms with van der Waals surface area (Å²) in [5.41, 5.74) is 2.51. The van der Waals surface area contributed by atoms with Gasteiger partial charge in [-0.2, -0.15) is 0 Å². The predicted molar refractivity (Wildman–Crippen MR) is 143 cm³/mol. The number of ether oxygens (including phenoxy) is 2. The molecule has 1 aliphatic rings. The second kappa shape index (κ2) is 11.8. The van der Waals surface area contributed by atoms with E-state index in [9.17, 15) is 14.4 Å². The van der Waals surface area contributed by atoms with Gasteiger partial charge in [0.2, 0.25) is 0 Å². The molecular weight excluding hydrogens is 494 g/mol. The van der Waals surface area contributed by atoms with Crippen molar-refractivity contribution in [2.75, 3.05) is 50.1 Å². The molecule has 37 heavy (non-hydrogen) atoms. The highest BCUT2D eigenvalue weighted by molar-refractivity contribution is 6.32. The van der Waals surface area contributed by atoms with Crippen molar-refractivity contribution in [1.82, 2.24) is 4.90 Å². The minimum absolute atomic E-state index is 0.0119. The number of nitrogens with one attached hydrogen (secondary N) is 1. The van der Waals surface area contributed by atoms with Crippen molar-refractivity contribution in [2.45, 2.75) is 6.92 Å². The molecule has 0 spiro atoms. The van der Waals surface area contributed by atoms with E-state index in [-0.39, 0.29) is 11.8 Å². The first-order valence-electron chi connectivity index (χ1n) is 12.0. The second-order valence-corrected chi connectivity index (χ2v) is 8.81. The Morgan fingerprint density at radius 1 is 0.892 bits per heavy atom. The molecule has 0 atom stereocenters. The fourth-order valence-corrected chi connectivity index (χ4v) is 4.41. The minimum atomic E-state index is -0.510. The number of carbonyl (C=O) groups is 3. The topological polar surface area (TPSA) is 88.2 Å². The summed E-state index contributed by atoms with van der Waals surface area (Å²) in [6.45, 7) is 4.48. The maximum atomic E-state index is 13.1. The maximum absolute atomic E-state index is 13.1. The summed E-state index contributed by atoms with van der Waals surface area (Å²) in [7, 11) is 1.30. The molecule has 0 bridgehead atoms. The minimum Gasteiger partial charge on any atom is -0.492 e. The van der Waals surface area contributed by atoms with E-state index in [1.165, 1.54) is 7.11 Å². The van der Waals surface area contributed by atoms with E-state index >= 15 is 0 Å². The van der Waals surface area contributed by atoms with Gasteiger partial charge in [-0.3, -0.25) is 9.59 Å². The number of amides is 2. The molecule has 1 saturated heterocycles. The maximum Gasteiger partial charge on any atom is 0.337 e. The molecule has 0 radical (unpaired) electrons. The molecule has 192 valence electrons. The SMILES string of the molecule is CCOc1ccc(C(=O)Nc2cc(C(=O)OC)ccc2N2CCN(C(=O)c3ccccc3)CC2)cc1Cl. The number of carbonyl (C=O) groups excluding carboxylic acids is 3. The van der Waals surface area contributed by atoms with E-state index in [1.807, 2.05) is 30.0 Å². The van der Waals surface area contributed by atoms with Gasteiger partial charge in [-0.05, 0) is 55.5 Å². The van der Waals surface area contributed by atoms with Gasteiger partial charge in [-0.15, -0.1) is 0 Å². The summed E-state index contributed by atoms with van der Waals surface area (Å²) in [5, 5.41) is 3.24. The van der Waals surface area contributed by atoms with Gasteiger partial charge >= 0.3 is 5.97 Å². The fraction of sp³-hybridized carbons (Fsp3) is 0.250. The van der Waals surface area contributed by atoms with Gasteiger partial charge in [0.1, 0.15) is 5.75 Å².